The van der Waals surface area contributed by atoms with Crippen LogP contribution in [0.25, 0.3) is 11.3 Å². The van der Waals surface area contributed by atoms with Crippen LogP contribution in [0.5, 0.6) is 0 Å². The van der Waals surface area contributed by atoms with Gasteiger partial charge in [0.15, 0.2) is 0 Å². The van der Waals surface area contributed by atoms with Crippen molar-refractivity contribution in [3.63, 3.8) is 0 Å². The molecule has 108 valence electrons. The third kappa shape index (κ3) is 2.78. The fourth-order valence-electron chi connectivity index (χ4n) is 2.64. The molecule has 0 saturated carbocycles. The summed E-state index contributed by atoms with van der Waals surface area (Å²) in [5.74, 6) is 0. The lowest BCUT2D eigenvalue weighted by molar-refractivity contribution is 0.589. The smallest absolute Gasteiger partial charge is 0.0929 e. The summed E-state index contributed by atoms with van der Waals surface area (Å²) in [4.78, 5) is 7.72. The second kappa shape index (κ2) is 5.41. The number of hydrogen-bond acceptors (Lipinski definition) is 2. The molecule has 0 spiro atoms. The summed E-state index contributed by atoms with van der Waals surface area (Å²) in [7, 11) is 0. The van der Waals surface area contributed by atoms with Crippen LogP contribution in [-0.2, 0) is 11.8 Å². The van der Waals surface area contributed by atoms with Crippen molar-refractivity contribution < 1.29 is 0 Å². The molecule has 0 aliphatic carbocycles. The zero-order valence-corrected chi connectivity index (χ0v) is 13.2. The second-order valence-corrected chi connectivity index (χ2v) is 6.50. The molecule has 0 fully saturated rings. The zero-order chi connectivity index (χ0) is 14.9. The number of nitrogens with zero attached hydrogens (tertiary/aromatic N) is 1. The van der Waals surface area contributed by atoms with E-state index in [2.05, 4.69) is 56.7 Å². The van der Waals surface area contributed by atoms with Gasteiger partial charge in [0.2, 0.25) is 0 Å². The van der Waals surface area contributed by atoms with Gasteiger partial charge in [0, 0.05) is 17.7 Å². The first kappa shape index (κ1) is 14.8. The molecule has 0 aliphatic rings. The van der Waals surface area contributed by atoms with Crippen LogP contribution in [0.3, 0.4) is 0 Å². The Labute approximate surface area is 121 Å². The van der Waals surface area contributed by atoms with Crippen molar-refractivity contribution in [2.24, 2.45) is 5.73 Å². The maximum absolute atomic E-state index is 5.68. The van der Waals surface area contributed by atoms with Gasteiger partial charge in [-0.2, -0.15) is 0 Å². The van der Waals surface area contributed by atoms with E-state index in [0.717, 1.165) is 17.8 Å². The van der Waals surface area contributed by atoms with E-state index in [-0.39, 0.29) is 5.41 Å². The molecule has 0 atom stereocenters. The van der Waals surface area contributed by atoms with Crippen LogP contribution < -0.4 is 5.73 Å². The minimum atomic E-state index is 0.166. The van der Waals surface area contributed by atoms with Crippen molar-refractivity contribution in [3.8, 4) is 11.3 Å². The monoisotopic (exact) mass is 271 g/mol. The molecule has 0 amide bonds. The Balaban J connectivity index is 2.55. The Bertz CT molecular complexity index is 580. The third-order valence-electron chi connectivity index (χ3n) is 3.75. The van der Waals surface area contributed by atoms with Gasteiger partial charge >= 0.3 is 0 Å². The lowest BCUT2D eigenvalue weighted by Gasteiger charge is -2.22. The summed E-state index contributed by atoms with van der Waals surface area (Å²) in [5, 5.41) is 0. The van der Waals surface area contributed by atoms with Gasteiger partial charge in [-0.25, -0.2) is 4.98 Å². The first-order valence-corrected chi connectivity index (χ1v) is 7.19. The molecule has 0 saturated heterocycles. The fraction of sp³-hybridized carbons (Fsp3) is 0.471. The van der Waals surface area contributed by atoms with E-state index in [9.17, 15) is 0 Å². The van der Waals surface area contributed by atoms with E-state index in [0.29, 0.717) is 6.54 Å². The van der Waals surface area contributed by atoms with Gasteiger partial charge in [0.1, 0.15) is 0 Å². The van der Waals surface area contributed by atoms with Gasteiger partial charge < -0.3 is 10.7 Å². The number of nitrogens with two attached hydrogens (primary N) is 1. The molecule has 0 unspecified atom stereocenters. The van der Waals surface area contributed by atoms with Gasteiger partial charge in [0.25, 0.3) is 0 Å². The zero-order valence-electron chi connectivity index (χ0n) is 13.2. The fourth-order valence-corrected chi connectivity index (χ4v) is 2.64. The topological polar surface area (TPSA) is 54.7 Å². The molecule has 0 radical (unpaired) electrons. The van der Waals surface area contributed by atoms with Crippen LogP contribution in [0.15, 0.2) is 18.5 Å². The van der Waals surface area contributed by atoms with Gasteiger partial charge in [-0.15, -0.1) is 0 Å². The van der Waals surface area contributed by atoms with Gasteiger partial charge in [-0.3, -0.25) is 0 Å². The van der Waals surface area contributed by atoms with E-state index in [1.165, 1.54) is 22.3 Å². The quantitative estimate of drug-likeness (QED) is 0.897. The minimum absolute atomic E-state index is 0.166. The van der Waals surface area contributed by atoms with Gasteiger partial charge in [0.05, 0.1) is 12.0 Å². The molecule has 1 heterocycles. The number of aromatic nitrogens is 2. The first-order chi connectivity index (χ1) is 9.34. The van der Waals surface area contributed by atoms with E-state index in [1.807, 2.05) is 0 Å². The number of hydrogen-bond donors (Lipinski definition) is 2. The molecule has 2 aromatic rings. The van der Waals surface area contributed by atoms with E-state index < -0.39 is 0 Å². The summed E-state index contributed by atoms with van der Waals surface area (Å²) >= 11 is 0. The number of H-pyrrole nitrogens is 1. The number of benzene rings is 1. The molecule has 3 nitrogen and oxygen atoms in total. The van der Waals surface area contributed by atoms with Gasteiger partial charge in [-0.05, 0) is 42.5 Å². The van der Waals surface area contributed by atoms with Crippen LogP contribution >= 0.6 is 0 Å². The Kier molecular flexibility index (Phi) is 4.00. The summed E-state index contributed by atoms with van der Waals surface area (Å²) in [6, 6.07) is 4.56. The summed E-state index contributed by atoms with van der Waals surface area (Å²) in [6.45, 7) is 11.7. The number of aryl methyl sites for hydroxylation is 2. The summed E-state index contributed by atoms with van der Waals surface area (Å²) in [6.07, 6.45) is 2.59. The second-order valence-electron chi connectivity index (χ2n) is 6.50. The molecule has 3 heteroatoms. The van der Waals surface area contributed by atoms with Crippen molar-refractivity contribution in [2.75, 3.05) is 6.54 Å². The lowest BCUT2D eigenvalue weighted by Crippen LogP contribution is -2.12. The maximum Gasteiger partial charge on any atom is 0.0929 e. The third-order valence-corrected chi connectivity index (χ3v) is 3.75. The van der Waals surface area contributed by atoms with Crippen LogP contribution in [0, 0.1) is 13.8 Å². The average Bonchev–Trinajstić information content (AvgIpc) is 2.76. The van der Waals surface area contributed by atoms with Crippen LogP contribution in [0.2, 0.25) is 0 Å². The Morgan fingerprint density at radius 3 is 2.25 bits per heavy atom. The molecule has 20 heavy (non-hydrogen) atoms. The van der Waals surface area contributed by atoms with E-state index >= 15 is 0 Å². The Morgan fingerprint density at radius 2 is 1.75 bits per heavy atom. The largest absolute Gasteiger partial charge is 0.348 e. The van der Waals surface area contributed by atoms with Crippen molar-refractivity contribution in [2.45, 2.75) is 46.5 Å². The predicted molar refractivity (Wildman–Crippen MR) is 85.0 cm³/mol. The average molecular weight is 271 g/mol. The number of aromatic amines is 1. The van der Waals surface area contributed by atoms with E-state index in [1.54, 1.807) is 6.33 Å². The molecular formula is C17H25N3. The normalized spacial score (nSPS) is 11.9. The molecular weight excluding hydrogens is 246 g/mol. The highest BCUT2D eigenvalue weighted by molar-refractivity contribution is 5.70. The van der Waals surface area contributed by atoms with Crippen LogP contribution in [-0.4, -0.2) is 16.5 Å². The maximum atomic E-state index is 5.68. The van der Waals surface area contributed by atoms with Gasteiger partial charge in [-0.1, -0.05) is 32.9 Å². The summed E-state index contributed by atoms with van der Waals surface area (Å²) in [5.41, 5.74) is 13.2. The number of imidazole rings is 1. The molecule has 2 rings (SSSR count). The van der Waals surface area contributed by atoms with Crippen molar-refractivity contribution >= 4 is 0 Å². The van der Waals surface area contributed by atoms with E-state index in [4.69, 9.17) is 5.73 Å². The van der Waals surface area contributed by atoms with Crippen LogP contribution in [0.1, 0.15) is 43.2 Å². The highest BCUT2D eigenvalue weighted by Crippen LogP contribution is 2.33. The summed E-state index contributed by atoms with van der Waals surface area (Å²) < 4.78 is 0. The van der Waals surface area contributed by atoms with Crippen molar-refractivity contribution in [1.29, 1.82) is 0 Å². The molecule has 0 bridgehead atoms. The molecule has 3 N–H and O–H groups in total. The molecule has 0 aliphatic heterocycles. The SMILES string of the molecule is Cc1cc(C(C)(C)C)cc(C)c1-c1nc[nH]c1CCN. The van der Waals surface area contributed by atoms with Crippen LogP contribution in [0.4, 0.5) is 0 Å². The molecule has 1 aromatic heterocycles. The first-order valence-electron chi connectivity index (χ1n) is 7.19. The Morgan fingerprint density at radius 1 is 1.15 bits per heavy atom. The number of rotatable bonds is 3. The number of nitrogens with one attached hydrogen (secondary N) is 1. The molecule has 1 aromatic carbocycles. The Hall–Kier alpha value is -1.61. The highest BCUT2D eigenvalue weighted by Gasteiger charge is 2.19. The highest BCUT2D eigenvalue weighted by atomic mass is 14.9. The van der Waals surface area contributed by atoms with Crippen molar-refractivity contribution in [3.05, 3.63) is 40.8 Å². The van der Waals surface area contributed by atoms with Crippen molar-refractivity contribution in [1.82, 2.24) is 9.97 Å². The lowest BCUT2D eigenvalue weighted by atomic mass is 9.83. The predicted octanol–water partition coefficient (Wildman–Crippen LogP) is 3.49. The standard InChI is InChI=1S/C17H25N3/c1-11-8-13(17(3,4)5)9-12(2)15(11)16-14(6-7-18)19-10-20-16/h8-10H,6-7,18H2,1-5H3,(H,19,20). The minimum Gasteiger partial charge on any atom is -0.348 e.